The average molecular weight is 486 g/mol. The van der Waals surface area contributed by atoms with E-state index >= 15 is 0 Å². The summed E-state index contributed by atoms with van der Waals surface area (Å²) in [5.41, 5.74) is 1.16. The van der Waals surface area contributed by atoms with E-state index in [0.29, 0.717) is 36.8 Å². The maximum absolute atomic E-state index is 12.8. The Hall–Kier alpha value is -2.88. The highest BCUT2D eigenvalue weighted by Crippen LogP contribution is 2.29. The smallest absolute Gasteiger partial charge is 0.262 e. The van der Waals surface area contributed by atoms with Crippen LogP contribution in [-0.2, 0) is 14.4 Å². The van der Waals surface area contributed by atoms with Crippen molar-refractivity contribution < 1.29 is 19.2 Å². The molecule has 0 aliphatic carbocycles. The number of piperidine rings is 1. The molecule has 0 bridgehead atoms. The van der Waals surface area contributed by atoms with Crippen LogP contribution in [-0.4, -0.2) is 76.6 Å². The number of amides is 4. The molecule has 3 heterocycles. The van der Waals surface area contributed by atoms with E-state index in [1.165, 1.54) is 18.7 Å². The van der Waals surface area contributed by atoms with Crippen LogP contribution in [0.5, 0.6) is 0 Å². The van der Waals surface area contributed by atoms with Crippen molar-refractivity contribution in [3.63, 3.8) is 0 Å². The van der Waals surface area contributed by atoms with E-state index in [-0.39, 0.29) is 30.0 Å². The molecule has 10 heteroatoms. The molecule has 4 rings (SSSR count). The largest absolute Gasteiger partial charge is 0.356 e. The lowest BCUT2D eigenvalue weighted by atomic mass is 9.96. The molecule has 3 aliphatic heterocycles. The van der Waals surface area contributed by atoms with Gasteiger partial charge in [-0.3, -0.25) is 19.2 Å². The fraction of sp³-hybridized carbons (Fsp3) is 0.542. The summed E-state index contributed by atoms with van der Waals surface area (Å²) < 4.78 is 0. The molecule has 2 saturated heterocycles. The molecule has 0 aromatic heterocycles. The Bertz CT molecular complexity index is 966. The number of anilines is 1. The maximum atomic E-state index is 12.8. The molecule has 1 aromatic rings. The predicted molar refractivity (Wildman–Crippen MR) is 132 cm³/mol. The van der Waals surface area contributed by atoms with E-state index in [2.05, 4.69) is 20.5 Å². The third-order valence-electron chi connectivity index (χ3n) is 6.43. The zero-order valence-corrected chi connectivity index (χ0v) is 20.2. The molecule has 1 atom stereocenters. The highest BCUT2D eigenvalue weighted by atomic mass is 32.2. The molecule has 1 unspecified atom stereocenters. The standard InChI is InChI=1S/C24H31N5O4S/c1-16(30)25-15-17-8-12-28(13-9-17)23(33)18-4-6-19(7-5-18)26-21(31)14-20-22(32)27-24(34-20)29-10-2-3-11-29/h4-7,17,20H,2-3,8-15H2,1H3,(H,25,30)(H,26,31). The number of carbonyl (C=O) groups is 4. The summed E-state index contributed by atoms with van der Waals surface area (Å²) in [6, 6.07) is 6.85. The number of likely N-dealkylation sites (tertiary alicyclic amines) is 2. The minimum atomic E-state index is -0.481. The van der Waals surface area contributed by atoms with Crippen molar-refractivity contribution in [2.24, 2.45) is 10.9 Å². The molecule has 2 N–H and O–H groups in total. The van der Waals surface area contributed by atoms with Crippen LogP contribution in [0.15, 0.2) is 29.3 Å². The number of hydrogen-bond acceptors (Lipinski definition) is 6. The molecule has 0 radical (unpaired) electrons. The van der Waals surface area contributed by atoms with Gasteiger partial charge in [0.1, 0.15) is 5.25 Å². The summed E-state index contributed by atoms with van der Waals surface area (Å²) in [7, 11) is 0. The maximum Gasteiger partial charge on any atom is 0.262 e. The minimum Gasteiger partial charge on any atom is -0.356 e. The summed E-state index contributed by atoms with van der Waals surface area (Å²) in [5.74, 6) is -0.157. The predicted octanol–water partition coefficient (Wildman–Crippen LogP) is 2.10. The van der Waals surface area contributed by atoms with Crippen LogP contribution in [0.3, 0.4) is 0 Å². The van der Waals surface area contributed by atoms with Crippen molar-refractivity contribution >= 4 is 46.2 Å². The second-order valence-corrected chi connectivity index (χ2v) is 10.2. The topological polar surface area (TPSA) is 111 Å². The fourth-order valence-electron chi connectivity index (χ4n) is 4.44. The summed E-state index contributed by atoms with van der Waals surface area (Å²) in [6.45, 7) is 5.32. The second-order valence-electron chi connectivity index (χ2n) is 9.04. The molecular weight excluding hydrogens is 454 g/mol. The molecule has 9 nitrogen and oxygen atoms in total. The van der Waals surface area contributed by atoms with Crippen LogP contribution in [0.25, 0.3) is 0 Å². The molecule has 34 heavy (non-hydrogen) atoms. The summed E-state index contributed by atoms with van der Waals surface area (Å²) in [6.07, 6.45) is 4.00. The molecular formula is C24H31N5O4S. The molecule has 182 valence electrons. The number of nitrogens with zero attached hydrogens (tertiary/aromatic N) is 3. The van der Waals surface area contributed by atoms with Crippen LogP contribution in [0, 0.1) is 5.92 Å². The van der Waals surface area contributed by atoms with E-state index in [0.717, 1.165) is 43.9 Å². The third-order valence-corrected chi connectivity index (χ3v) is 7.65. The third kappa shape index (κ3) is 6.16. The average Bonchev–Trinajstić information content (AvgIpc) is 3.48. The number of hydrogen-bond donors (Lipinski definition) is 2. The highest BCUT2D eigenvalue weighted by Gasteiger charge is 2.33. The fourth-order valence-corrected chi connectivity index (χ4v) is 5.56. The Morgan fingerprint density at radius 3 is 2.38 bits per heavy atom. The van der Waals surface area contributed by atoms with Crippen molar-refractivity contribution in [1.82, 2.24) is 15.1 Å². The SMILES string of the molecule is CC(=O)NCC1CCN(C(=O)c2ccc(NC(=O)CC3SC(N4CCCC4)=NC3=O)cc2)CC1. The van der Waals surface area contributed by atoms with Gasteiger partial charge in [0.25, 0.3) is 11.8 Å². The Morgan fingerprint density at radius 1 is 1.06 bits per heavy atom. The minimum absolute atomic E-state index is 0.0283. The first-order valence-electron chi connectivity index (χ1n) is 11.9. The van der Waals surface area contributed by atoms with Gasteiger partial charge in [-0.1, -0.05) is 11.8 Å². The van der Waals surface area contributed by atoms with E-state index in [1.807, 2.05) is 4.90 Å². The first kappa shape index (κ1) is 24.3. The zero-order chi connectivity index (χ0) is 24.1. The number of benzene rings is 1. The number of rotatable bonds is 6. The molecule has 1 aromatic carbocycles. The van der Waals surface area contributed by atoms with Gasteiger partial charge in [-0.2, -0.15) is 4.99 Å². The van der Waals surface area contributed by atoms with Gasteiger partial charge < -0.3 is 20.4 Å². The number of carbonyl (C=O) groups excluding carboxylic acids is 4. The van der Waals surface area contributed by atoms with Crippen LogP contribution in [0.1, 0.15) is 49.4 Å². The van der Waals surface area contributed by atoms with Crippen molar-refractivity contribution in [3.8, 4) is 0 Å². The van der Waals surface area contributed by atoms with Gasteiger partial charge in [0, 0.05) is 57.3 Å². The van der Waals surface area contributed by atoms with E-state index in [4.69, 9.17) is 0 Å². The van der Waals surface area contributed by atoms with Crippen molar-refractivity contribution in [3.05, 3.63) is 29.8 Å². The van der Waals surface area contributed by atoms with Gasteiger partial charge in [0.05, 0.1) is 0 Å². The van der Waals surface area contributed by atoms with Gasteiger partial charge >= 0.3 is 0 Å². The van der Waals surface area contributed by atoms with Gasteiger partial charge in [0.2, 0.25) is 11.8 Å². The first-order valence-corrected chi connectivity index (χ1v) is 12.7. The van der Waals surface area contributed by atoms with Crippen LogP contribution in [0.2, 0.25) is 0 Å². The zero-order valence-electron chi connectivity index (χ0n) is 19.4. The number of nitrogens with one attached hydrogen (secondary N) is 2. The lowest BCUT2D eigenvalue weighted by Gasteiger charge is -2.32. The Morgan fingerprint density at radius 2 is 1.74 bits per heavy atom. The second kappa shape index (κ2) is 11.0. The molecule has 0 spiro atoms. The molecule has 0 saturated carbocycles. The van der Waals surface area contributed by atoms with E-state index in [9.17, 15) is 19.2 Å². The Labute approximate surface area is 203 Å². The van der Waals surface area contributed by atoms with Gasteiger partial charge in [-0.25, -0.2) is 0 Å². The van der Waals surface area contributed by atoms with Crippen molar-refractivity contribution in [1.29, 1.82) is 0 Å². The Balaban J connectivity index is 1.23. The quantitative estimate of drug-likeness (QED) is 0.638. The van der Waals surface area contributed by atoms with Crippen molar-refractivity contribution in [2.45, 2.75) is 44.3 Å². The summed E-state index contributed by atoms with van der Waals surface area (Å²) in [5, 5.41) is 5.92. The van der Waals surface area contributed by atoms with Crippen LogP contribution in [0.4, 0.5) is 5.69 Å². The van der Waals surface area contributed by atoms with Gasteiger partial charge in [-0.05, 0) is 55.9 Å². The van der Waals surface area contributed by atoms with E-state index in [1.54, 1.807) is 24.3 Å². The molecule has 3 aliphatic rings. The lowest BCUT2D eigenvalue weighted by Crippen LogP contribution is -2.41. The monoisotopic (exact) mass is 485 g/mol. The first-order chi connectivity index (χ1) is 16.4. The van der Waals surface area contributed by atoms with Crippen molar-refractivity contribution in [2.75, 3.05) is 38.0 Å². The summed E-state index contributed by atoms with van der Waals surface area (Å²) in [4.78, 5) is 56.7. The highest BCUT2D eigenvalue weighted by molar-refractivity contribution is 8.15. The van der Waals surface area contributed by atoms with Crippen LogP contribution < -0.4 is 10.6 Å². The summed E-state index contributed by atoms with van der Waals surface area (Å²) >= 11 is 1.38. The lowest BCUT2D eigenvalue weighted by molar-refractivity contribution is -0.121. The molecule has 4 amide bonds. The van der Waals surface area contributed by atoms with Crippen LogP contribution >= 0.6 is 11.8 Å². The number of thioether (sulfide) groups is 1. The van der Waals surface area contributed by atoms with E-state index < -0.39 is 5.25 Å². The number of aliphatic imine (C=N–C) groups is 1. The molecule has 2 fully saturated rings. The van der Waals surface area contributed by atoms with Gasteiger partial charge in [0.15, 0.2) is 5.17 Å². The Kier molecular flexibility index (Phi) is 7.87. The normalized spacial score (nSPS) is 20.9. The number of amidine groups is 1. The van der Waals surface area contributed by atoms with Gasteiger partial charge in [-0.15, -0.1) is 0 Å².